The van der Waals surface area contributed by atoms with Gasteiger partial charge < -0.3 is 20.7 Å². The molecule has 1 aliphatic rings. The predicted molar refractivity (Wildman–Crippen MR) is 72.5 cm³/mol. The zero-order chi connectivity index (χ0) is 13.6. The van der Waals surface area contributed by atoms with Gasteiger partial charge in [-0.25, -0.2) is 4.79 Å². The van der Waals surface area contributed by atoms with Crippen molar-refractivity contribution in [1.29, 1.82) is 0 Å². The highest BCUT2D eigenvalue weighted by Crippen LogP contribution is 2.12. The van der Waals surface area contributed by atoms with Crippen LogP contribution in [0.4, 0.5) is 4.79 Å². The molecule has 18 heavy (non-hydrogen) atoms. The molecule has 3 N–H and O–H groups in total. The van der Waals surface area contributed by atoms with Gasteiger partial charge in [0.05, 0.1) is 0 Å². The third-order valence-corrected chi connectivity index (χ3v) is 2.92. The van der Waals surface area contributed by atoms with E-state index in [0.29, 0.717) is 0 Å². The standard InChI is InChI=1S/C13H27N3O2/c1-13(2,3)18-12(17)15-11-6-9-16(10-11)8-5-4-7-14/h11H,4-10,14H2,1-3H3,(H,15,17). The minimum absolute atomic E-state index is 0.220. The molecule has 5 nitrogen and oxygen atoms in total. The molecule has 106 valence electrons. The minimum Gasteiger partial charge on any atom is -0.444 e. The third kappa shape index (κ3) is 6.21. The van der Waals surface area contributed by atoms with Gasteiger partial charge in [0.15, 0.2) is 0 Å². The van der Waals surface area contributed by atoms with Crippen LogP contribution >= 0.6 is 0 Å². The fourth-order valence-corrected chi connectivity index (χ4v) is 2.11. The van der Waals surface area contributed by atoms with Gasteiger partial charge in [-0.1, -0.05) is 0 Å². The number of carbonyl (C=O) groups excluding carboxylic acids is 1. The summed E-state index contributed by atoms with van der Waals surface area (Å²) in [4.78, 5) is 14.0. The quantitative estimate of drug-likeness (QED) is 0.729. The second kappa shape index (κ2) is 6.95. The third-order valence-electron chi connectivity index (χ3n) is 2.92. The number of amides is 1. The van der Waals surface area contributed by atoms with E-state index in [1.165, 1.54) is 0 Å². The molecule has 5 heteroatoms. The van der Waals surface area contributed by atoms with Gasteiger partial charge >= 0.3 is 6.09 Å². The van der Waals surface area contributed by atoms with Crippen molar-refractivity contribution >= 4 is 6.09 Å². The fourth-order valence-electron chi connectivity index (χ4n) is 2.11. The second-order valence-electron chi connectivity index (χ2n) is 5.93. The van der Waals surface area contributed by atoms with E-state index in [1.54, 1.807) is 0 Å². The molecule has 1 atom stereocenters. The lowest BCUT2D eigenvalue weighted by Crippen LogP contribution is -2.40. The van der Waals surface area contributed by atoms with Crippen LogP contribution in [0.15, 0.2) is 0 Å². The van der Waals surface area contributed by atoms with Crippen LogP contribution < -0.4 is 11.1 Å². The van der Waals surface area contributed by atoms with Gasteiger partial charge in [0.2, 0.25) is 0 Å². The van der Waals surface area contributed by atoms with Crippen LogP contribution in [0.1, 0.15) is 40.0 Å². The van der Waals surface area contributed by atoms with Crippen molar-refractivity contribution in [1.82, 2.24) is 10.2 Å². The highest BCUT2D eigenvalue weighted by Gasteiger charge is 2.25. The number of carbonyl (C=O) groups is 1. The van der Waals surface area contributed by atoms with E-state index < -0.39 is 5.60 Å². The molecular weight excluding hydrogens is 230 g/mol. The molecule has 1 saturated heterocycles. The van der Waals surface area contributed by atoms with Crippen molar-refractivity contribution in [3.63, 3.8) is 0 Å². The van der Waals surface area contributed by atoms with E-state index in [-0.39, 0.29) is 12.1 Å². The molecule has 0 aromatic rings. The smallest absolute Gasteiger partial charge is 0.407 e. The summed E-state index contributed by atoms with van der Waals surface area (Å²) in [5.74, 6) is 0. The second-order valence-corrected chi connectivity index (χ2v) is 5.93. The Kier molecular flexibility index (Phi) is 5.88. The van der Waals surface area contributed by atoms with Gasteiger partial charge in [0, 0.05) is 19.1 Å². The largest absolute Gasteiger partial charge is 0.444 e. The van der Waals surface area contributed by atoms with Crippen LogP contribution in [0.5, 0.6) is 0 Å². The highest BCUT2D eigenvalue weighted by atomic mass is 16.6. The van der Waals surface area contributed by atoms with E-state index in [4.69, 9.17) is 10.5 Å². The van der Waals surface area contributed by atoms with Crippen molar-refractivity contribution in [2.24, 2.45) is 5.73 Å². The first-order valence-corrected chi connectivity index (χ1v) is 6.82. The number of rotatable bonds is 5. The lowest BCUT2D eigenvalue weighted by Gasteiger charge is -2.22. The Bertz CT molecular complexity index is 263. The van der Waals surface area contributed by atoms with Gasteiger partial charge in [0.25, 0.3) is 0 Å². The average Bonchev–Trinajstić information content (AvgIpc) is 2.63. The number of nitrogens with zero attached hydrogens (tertiary/aromatic N) is 1. The van der Waals surface area contributed by atoms with Crippen molar-refractivity contribution in [3.05, 3.63) is 0 Å². The van der Waals surface area contributed by atoms with Gasteiger partial charge in [-0.2, -0.15) is 0 Å². The lowest BCUT2D eigenvalue weighted by molar-refractivity contribution is 0.0506. The number of nitrogens with two attached hydrogens (primary N) is 1. The van der Waals surface area contributed by atoms with Crippen LogP contribution in [-0.2, 0) is 4.74 Å². The Hall–Kier alpha value is -0.810. The van der Waals surface area contributed by atoms with Gasteiger partial charge in [-0.05, 0) is 53.1 Å². The number of alkyl carbamates (subject to hydrolysis) is 1. The summed E-state index contributed by atoms with van der Waals surface area (Å²) >= 11 is 0. The average molecular weight is 257 g/mol. The SMILES string of the molecule is CC(C)(C)OC(=O)NC1CCN(CCCCN)C1. The Morgan fingerprint density at radius 2 is 2.17 bits per heavy atom. The van der Waals surface area contributed by atoms with Crippen molar-refractivity contribution in [3.8, 4) is 0 Å². The van der Waals surface area contributed by atoms with Crippen molar-refractivity contribution in [2.75, 3.05) is 26.2 Å². The molecule has 0 bridgehead atoms. The Morgan fingerprint density at radius 1 is 1.44 bits per heavy atom. The van der Waals surface area contributed by atoms with E-state index >= 15 is 0 Å². The van der Waals surface area contributed by atoms with Crippen LogP contribution in [-0.4, -0.2) is 48.8 Å². The number of hydrogen-bond donors (Lipinski definition) is 2. The maximum atomic E-state index is 11.6. The Morgan fingerprint density at radius 3 is 2.78 bits per heavy atom. The number of nitrogens with one attached hydrogen (secondary N) is 1. The lowest BCUT2D eigenvalue weighted by atomic mass is 10.2. The number of ether oxygens (including phenoxy) is 1. The Balaban J connectivity index is 2.19. The summed E-state index contributed by atoms with van der Waals surface area (Å²) in [6.45, 7) is 9.42. The molecule has 1 rings (SSSR count). The zero-order valence-corrected chi connectivity index (χ0v) is 11.9. The van der Waals surface area contributed by atoms with Crippen LogP contribution in [0, 0.1) is 0 Å². The molecule has 0 spiro atoms. The van der Waals surface area contributed by atoms with E-state index in [1.807, 2.05) is 20.8 Å². The molecule has 0 radical (unpaired) electrons. The van der Waals surface area contributed by atoms with Crippen LogP contribution in [0.3, 0.4) is 0 Å². The van der Waals surface area contributed by atoms with E-state index in [9.17, 15) is 4.79 Å². The molecule has 0 aliphatic carbocycles. The topological polar surface area (TPSA) is 67.6 Å². The van der Waals surface area contributed by atoms with E-state index in [2.05, 4.69) is 10.2 Å². The summed E-state index contributed by atoms with van der Waals surface area (Å²) in [6, 6.07) is 0.220. The summed E-state index contributed by atoms with van der Waals surface area (Å²) < 4.78 is 5.25. The number of likely N-dealkylation sites (tertiary alicyclic amines) is 1. The number of hydrogen-bond acceptors (Lipinski definition) is 4. The predicted octanol–water partition coefficient (Wildman–Crippen LogP) is 1.32. The van der Waals surface area contributed by atoms with Crippen molar-refractivity contribution < 1.29 is 9.53 Å². The molecule has 1 unspecified atom stereocenters. The van der Waals surface area contributed by atoms with Crippen molar-refractivity contribution in [2.45, 2.75) is 51.7 Å². The van der Waals surface area contributed by atoms with Crippen LogP contribution in [0.2, 0.25) is 0 Å². The monoisotopic (exact) mass is 257 g/mol. The molecule has 1 fully saturated rings. The first-order chi connectivity index (χ1) is 8.40. The molecule has 0 saturated carbocycles. The summed E-state index contributed by atoms with van der Waals surface area (Å²) in [5, 5.41) is 2.93. The molecule has 0 aromatic heterocycles. The van der Waals surface area contributed by atoms with E-state index in [0.717, 1.165) is 45.4 Å². The fraction of sp³-hybridized carbons (Fsp3) is 0.923. The van der Waals surface area contributed by atoms with Gasteiger partial charge in [0.1, 0.15) is 5.60 Å². The highest BCUT2D eigenvalue weighted by molar-refractivity contribution is 5.68. The molecule has 1 aliphatic heterocycles. The summed E-state index contributed by atoms with van der Waals surface area (Å²) in [7, 11) is 0. The first kappa shape index (κ1) is 15.2. The summed E-state index contributed by atoms with van der Waals surface area (Å²) in [5.41, 5.74) is 5.05. The summed E-state index contributed by atoms with van der Waals surface area (Å²) in [6.07, 6.45) is 2.90. The molecule has 1 heterocycles. The maximum Gasteiger partial charge on any atom is 0.407 e. The minimum atomic E-state index is -0.427. The number of unbranched alkanes of at least 4 members (excludes halogenated alkanes) is 1. The Labute approximate surface area is 110 Å². The molecular formula is C13H27N3O2. The maximum absolute atomic E-state index is 11.6. The van der Waals surface area contributed by atoms with Crippen LogP contribution in [0.25, 0.3) is 0 Å². The van der Waals surface area contributed by atoms with Gasteiger partial charge in [-0.3, -0.25) is 0 Å². The first-order valence-electron chi connectivity index (χ1n) is 6.82. The zero-order valence-electron chi connectivity index (χ0n) is 11.9. The molecule has 1 amide bonds. The normalized spacial score (nSPS) is 21.0. The van der Waals surface area contributed by atoms with Gasteiger partial charge in [-0.15, -0.1) is 0 Å². The molecule has 0 aromatic carbocycles.